The highest BCUT2D eigenvalue weighted by atomic mass is 15.1. The zero-order valence-electron chi connectivity index (χ0n) is 19.0. The quantitative estimate of drug-likeness (QED) is 0.621. The van der Waals surface area contributed by atoms with Gasteiger partial charge in [0.25, 0.3) is 0 Å². The highest BCUT2D eigenvalue weighted by Crippen LogP contribution is 1.85. The van der Waals surface area contributed by atoms with Gasteiger partial charge < -0.3 is 19.6 Å². The Labute approximate surface area is 159 Å². The van der Waals surface area contributed by atoms with Crippen LogP contribution in [0.3, 0.4) is 0 Å². The van der Waals surface area contributed by atoms with Crippen molar-refractivity contribution in [2.24, 2.45) is 0 Å². The Hall–Kier alpha value is -0.710. The van der Waals surface area contributed by atoms with Crippen LogP contribution in [0.15, 0.2) is 0 Å². The van der Waals surface area contributed by atoms with Gasteiger partial charge in [-0.1, -0.05) is 0 Å². The SMILES string of the molecule is CC(C#N)N(C)C.CN(C)CCCN(C)C.CN(C)CCCN(C)C. The number of nitrogens with zero attached hydrogens (tertiary/aromatic N) is 6. The molecule has 0 radical (unpaired) electrons. The first kappa shape index (κ1) is 29.1. The van der Waals surface area contributed by atoms with Crippen LogP contribution in [0.4, 0.5) is 0 Å². The van der Waals surface area contributed by atoms with Crippen molar-refractivity contribution in [1.82, 2.24) is 24.5 Å². The van der Waals surface area contributed by atoms with E-state index in [0.29, 0.717) is 0 Å². The zero-order chi connectivity index (χ0) is 20.4. The molecule has 152 valence electrons. The van der Waals surface area contributed by atoms with Crippen molar-refractivity contribution in [2.75, 3.05) is 96.7 Å². The van der Waals surface area contributed by atoms with E-state index in [4.69, 9.17) is 5.26 Å². The van der Waals surface area contributed by atoms with E-state index in [1.165, 1.54) is 39.0 Å². The van der Waals surface area contributed by atoms with E-state index in [2.05, 4.69) is 82.1 Å². The topological polar surface area (TPSA) is 40.0 Å². The van der Waals surface area contributed by atoms with Gasteiger partial charge in [0.15, 0.2) is 0 Å². The van der Waals surface area contributed by atoms with Crippen LogP contribution < -0.4 is 0 Å². The van der Waals surface area contributed by atoms with Gasteiger partial charge in [-0.25, -0.2) is 0 Å². The molecule has 0 rings (SSSR count). The van der Waals surface area contributed by atoms with Gasteiger partial charge >= 0.3 is 0 Å². The molecule has 25 heavy (non-hydrogen) atoms. The second-order valence-electron chi connectivity index (χ2n) is 7.69. The van der Waals surface area contributed by atoms with Crippen LogP contribution in [0.5, 0.6) is 0 Å². The standard InChI is InChI=1S/2C7H18N2.C5H10N2/c2*1-8(2)6-5-7-9(3)4;1-5(4-6)7(2)3/h2*5-7H2,1-4H3;5H,1-3H3. The Morgan fingerprint density at radius 1 is 0.600 bits per heavy atom. The summed E-state index contributed by atoms with van der Waals surface area (Å²) in [7, 11) is 20.6. The lowest BCUT2D eigenvalue weighted by atomic mass is 10.4. The Morgan fingerprint density at radius 3 is 0.920 bits per heavy atom. The molecule has 0 aromatic rings. The van der Waals surface area contributed by atoms with Gasteiger partial charge in [-0.15, -0.1) is 0 Å². The second-order valence-corrected chi connectivity index (χ2v) is 7.69. The fourth-order valence-electron chi connectivity index (χ4n) is 1.52. The van der Waals surface area contributed by atoms with Crippen LogP contribution in [0, 0.1) is 11.3 Å². The van der Waals surface area contributed by atoms with Crippen molar-refractivity contribution < 1.29 is 0 Å². The molecule has 6 heteroatoms. The smallest absolute Gasteiger partial charge is 0.0944 e. The van der Waals surface area contributed by atoms with Gasteiger partial charge in [0.05, 0.1) is 12.1 Å². The normalized spacial score (nSPS) is 12.0. The van der Waals surface area contributed by atoms with Crippen molar-refractivity contribution in [3.05, 3.63) is 0 Å². The number of hydrogen-bond donors (Lipinski definition) is 0. The summed E-state index contributed by atoms with van der Waals surface area (Å²) in [5, 5.41) is 8.21. The average molecular weight is 359 g/mol. The van der Waals surface area contributed by atoms with E-state index in [0.717, 1.165) is 0 Å². The lowest BCUT2D eigenvalue weighted by molar-refractivity contribution is 0.340. The molecule has 0 spiro atoms. The molecule has 0 fully saturated rings. The van der Waals surface area contributed by atoms with E-state index in [1.54, 1.807) is 0 Å². The summed E-state index contributed by atoms with van der Waals surface area (Å²) in [6.45, 7) is 6.63. The van der Waals surface area contributed by atoms with Crippen LogP contribution in [0.25, 0.3) is 0 Å². The Balaban J connectivity index is -0.000000293. The van der Waals surface area contributed by atoms with Gasteiger partial charge in [-0.3, -0.25) is 4.90 Å². The predicted molar refractivity (Wildman–Crippen MR) is 112 cm³/mol. The Bertz CT molecular complexity index is 261. The van der Waals surface area contributed by atoms with Crippen LogP contribution in [-0.4, -0.2) is 127 Å². The molecule has 0 aliphatic carbocycles. The minimum atomic E-state index is 0.0417. The number of nitriles is 1. The molecule has 0 N–H and O–H groups in total. The highest BCUT2D eigenvalue weighted by molar-refractivity contribution is 4.84. The predicted octanol–water partition coefficient (Wildman–Crippen LogP) is 1.46. The van der Waals surface area contributed by atoms with Crippen molar-refractivity contribution in [3.8, 4) is 6.07 Å². The largest absolute Gasteiger partial charge is 0.309 e. The van der Waals surface area contributed by atoms with Crippen LogP contribution in [0.2, 0.25) is 0 Å². The molecular weight excluding hydrogens is 312 g/mol. The fourth-order valence-corrected chi connectivity index (χ4v) is 1.52. The van der Waals surface area contributed by atoms with Gasteiger partial charge in [-0.05, 0) is 116 Å². The van der Waals surface area contributed by atoms with E-state index >= 15 is 0 Å². The first-order chi connectivity index (χ1) is 11.4. The lowest BCUT2D eigenvalue weighted by Gasteiger charge is -2.12. The summed E-state index contributed by atoms with van der Waals surface area (Å²) in [5.74, 6) is 0. The van der Waals surface area contributed by atoms with E-state index in [1.807, 2.05) is 25.9 Å². The minimum Gasteiger partial charge on any atom is -0.309 e. The van der Waals surface area contributed by atoms with Crippen molar-refractivity contribution in [1.29, 1.82) is 5.26 Å². The molecule has 0 bridgehead atoms. The van der Waals surface area contributed by atoms with Gasteiger partial charge in [0, 0.05) is 0 Å². The average Bonchev–Trinajstić information content (AvgIpc) is 2.46. The van der Waals surface area contributed by atoms with Crippen molar-refractivity contribution >= 4 is 0 Å². The molecule has 6 nitrogen and oxygen atoms in total. The molecule has 0 amide bonds. The molecule has 0 aliphatic rings. The zero-order valence-corrected chi connectivity index (χ0v) is 19.0. The molecule has 0 aromatic carbocycles. The first-order valence-corrected chi connectivity index (χ1v) is 9.08. The molecule has 1 atom stereocenters. The molecule has 0 aromatic heterocycles. The molecule has 0 saturated heterocycles. The Morgan fingerprint density at radius 2 is 0.840 bits per heavy atom. The monoisotopic (exact) mass is 358 g/mol. The minimum absolute atomic E-state index is 0.0417. The van der Waals surface area contributed by atoms with Gasteiger partial charge in [-0.2, -0.15) is 5.26 Å². The van der Waals surface area contributed by atoms with E-state index in [-0.39, 0.29) is 6.04 Å². The third-order valence-electron chi connectivity index (χ3n) is 3.38. The third kappa shape index (κ3) is 35.3. The maximum Gasteiger partial charge on any atom is 0.0944 e. The lowest BCUT2D eigenvalue weighted by Crippen LogP contribution is -2.22. The van der Waals surface area contributed by atoms with Crippen LogP contribution in [-0.2, 0) is 0 Å². The fraction of sp³-hybridized carbons (Fsp3) is 0.947. The molecule has 0 aliphatic heterocycles. The van der Waals surface area contributed by atoms with E-state index < -0.39 is 0 Å². The molecular formula is C19H46N6. The third-order valence-corrected chi connectivity index (χ3v) is 3.38. The first-order valence-electron chi connectivity index (χ1n) is 9.08. The molecule has 0 heterocycles. The van der Waals surface area contributed by atoms with Gasteiger partial charge in [0.1, 0.15) is 0 Å². The van der Waals surface area contributed by atoms with Crippen molar-refractivity contribution in [2.45, 2.75) is 25.8 Å². The van der Waals surface area contributed by atoms with Crippen LogP contribution in [0.1, 0.15) is 19.8 Å². The molecule has 0 saturated carbocycles. The second kappa shape index (κ2) is 19.6. The summed E-state index contributed by atoms with van der Waals surface area (Å²) < 4.78 is 0. The van der Waals surface area contributed by atoms with E-state index in [9.17, 15) is 0 Å². The highest BCUT2D eigenvalue weighted by Gasteiger charge is 1.97. The summed E-state index contributed by atoms with van der Waals surface area (Å²) in [4.78, 5) is 10.7. The van der Waals surface area contributed by atoms with Crippen LogP contribution >= 0.6 is 0 Å². The maximum atomic E-state index is 8.21. The number of rotatable bonds is 9. The summed E-state index contributed by atoms with van der Waals surface area (Å²) in [6.07, 6.45) is 2.53. The summed E-state index contributed by atoms with van der Waals surface area (Å²) >= 11 is 0. The maximum absolute atomic E-state index is 8.21. The Kier molecular flexibility index (Phi) is 22.8. The summed E-state index contributed by atoms with van der Waals surface area (Å²) in [5.41, 5.74) is 0. The summed E-state index contributed by atoms with van der Waals surface area (Å²) in [6, 6.07) is 2.13. The van der Waals surface area contributed by atoms with Gasteiger partial charge in [0.2, 0.25) is 0 Å². The molecule has 1 unspecified atom stereocenters. The number of hydrogen-bond acceptors (Lipinski definition) is 6. The van der Waals surface area contributed by atoms with Crippen molar-refractivity contribution in [3.63, 3.8) is 0 Å².